The van der Waals surface area contributed by atoms with Gasteiger partial charge in [0.05, 0.1) is 18.2 Å². The Morgan fingerprint density at radius 3 is 2.58 bits per heavy atom. The number of carbonyl (C=O) groups is 1. The molecule has 1 aliphatic rings. The standard InChI is InChI=1S/C15H15Cl3N4O4/c1-8-10(7-21-22-20)24-13(26-14(19)15(16,17)18)11(8)25-12(23)9-5-3-2-4-6-9/h2-6,8,10-11,13,19H,7H2,1H3/t8-,10+,11?,13-/m0/s1. The molecule has 0 bridgehead atoms. The predicted octanol–water partition coefficient (Wildman–Crippen LogP) is 4.25. The molecule has 1 unspecified atom stereocenters. The van der Waals surface area contributed by atoms with Gasteiger partial charge in [0.15, 0.2) is 6.10 Å². The Morgan fingerprint density at radius 1 is 1.35 bits per heavy atom. The molecule has 0 spiro atoms. The summed E-state index contributed by atoms with van der Waals surface area (Å²) >= 11 is 16.9. The van der Waals surface area contributed by atoms with Crippen LogP contribution in [0.2, 0.25) is 0 Å². The lowest BCUT2D eigenvalue weighted by atomic mass is 10.0. The van der Waals surface area contributed by atoms with Gasteiger partial charge in [-0.25, -0.2) is 4.79 Å². The number of ether oxygens (including phenoxy) is 3. The minimum absolute atomic E-state index is 0.00197. The fourth-order valence-corrected chi connectivity index (χ4v) is 2.50. The average molecular weight is 422 g/mol. The van der Waals surface area contributed by atoms with Gasteiger partial charge in [-0.3, -0.25) is 5.41 Å². The van der Waals surface area contributed by atoms with Crippen LogP contribution >= 0.6 is 34.8 Å². The largest absolute Gasteiger partial charge is 0.452 e. The minimum atomic E-state index is -2.09. The summed E-state index contributed by atoms with van der Waals surface area (Å²) in [6, 6.07) is 8.35. The molecule has 1 saturated heterocycles. The van der Waals surface area contributed by atoms with Gasteiger partial charge in [-0.15, -0.1) is 0 Å². The number of hydrogen-bond acceptors (Lipinski definition) is 6. The molecule has 4 atom stereocenters. The topological polar surface area (TPSA) is 117 Å². The fraction of sp³-hybridized carbons (Fsp3) is 0.467. The molecule has 1 fully saturated rings. The van der Waals surface area contributed by atoms with E-state index >= 15 is 0 Å². The molecule has 26 heavy (non-hydrogen) atoms. The lowest BCUT2D eigenvalue weighted by Gasteiger charge is -2.24. The SMILES string of the molecule is C[C@@H]1C(OC(=O)c2ccccc2)[C@H](OC(=N)C(Cl)(Cl)Cl)O[C@@H]1CN=[N+]=[N-]. The summed E-state index contributed by atoms with van der Waals surface area (Å²) in [5, 5.41) is 11.2. The molecule has 1 heterocycles. The van der Waals surface area contributed by atoms with Crippen molar-refractivity contribution in [2.75, 3.05) is 6.54 Å². The Balaban J connectivity index is 2.17. The highest BCUT2D eigenvalue weighted by Crippen LogP contribution is 2.34. The Morgan fingerprint density at radius 2 is 2.00 bits per heavy atom. The molecule has 0 aromatic heterocycles. The molecule has 11 heteroatoms. The third-order valence-corrected chi connectivity index (χ3v) is 4.27. The quantitative estimate of drug-likeness (QED) is 0.145. The second kappa shape index (κ2) is 8.79. The molecule has 1 aromatic rings. The van der Waals surface area contributed by atoms with Crippen molar-refractivity contribution < 1.29 is 19.0 Å². The van der Waals surface area contributed by atoms with Crippen LogP contribution in [0, 0.1) is 11.3 Å². The number of rotatable bonds is 5. The molecule has 0 aliphatic carbocycles. The minimum Gasteiger partial charge on any atom is -0.452 e. The molecule has 140 valence electrons. The molecule has 8 nitrogen and oxygen atoms in total. The maximum Gasteiger partial charge on any atom is 0.338 e. The lowest BCUT2D eigenvalue weighted by Crippen LogP contribution is -2.37. The third-order valence-electron chi connectivity index (χ3n) is 3.75. The molecule has 1 aromatic carbocycles. The molecular weight excluding hydrogens is 407 g/mol. The van der Waals surface area contributed by atoms with Gasteiger partial charge in [-0.05, 0) is 17.7 Å². The number of esters is 1. The molecule has 0 saturated carbocycles. The highest BCUT2D eigenvalue weighted by molar-refractivity contribution is 6.76. The van der Waals surface area contributed by atoms with E-state index in [0.717, 1.165) is 0 Å². The third kappa shape index (κ3) is 5.16. The normalized spacial score (nSPS) is 25.2. The van der Waals surface area contributed by atoms with Gasteiger partial charge in [0, 0.05) is 10.8 Å². The van der Waals surface area contributed by atoms with Gasteiger partial charge < -0.3 is 14.2 Å². The van der Waals surface area contributed by atoms with Crippen molar-refractivity contribution in [3.05, 3.63) is 46.3 Å². The van der Waals surface area contributed by atoms with Crippen molar-refractivity contribution in [2.45, 2.75) is 29.2 Å². The summed E-state index contributed by atoms with van der Waals surface area (Å²) in [6.45, 7) is 1.74. The van der Waals surface area contributed by atoms with Gasteiger partial charge >= 0.3 is 5.97 Å². The summed E-state index contributed by atoms with van der Waals surface area (Å²) < 4.78 is 14.3. The fourth-order valence-electron chi connectivity index (χ4n) is 2.37. The van der Waals surface area contributed by atoms with Gasteiger partial charge in [0.2, 0.25) is 12.2 Å². The number of alkyl halides is 3. The van der Waals surface area contributed by atoms with E-state index in [2.05, 4.69) is 10.0 Å². The van der Waals surface area contributed by atoms with E-state index in [1.165, 1.54) is 0 Å². The Hall–Kier alpha value is -1.70. The van der Waals surface area contributed by atoms with E-state index in [1.807, 2.05) is 0 Å². The zero-order valence-electron chi connectivity index (χ0n) is 13.5. The van der Waals surface area contributed by atoms with Crippen molar-refractivity contribution in [3.63, 3.8) is 0 Å². The highest BCUT2D eigenvalue weighted by Gasteiger charge is 2.47. The van der Waals surface area contributed by atoms with Crippen molar-refractivity contribution in [1.29, 1.82) is 5.41 Å². The van der Waals surface area contributed by atoms with Gasteiger partial charge in [0.25, 0.3) is 3.79 Å². The first-order chi connectivity index (χ1) is 12.2. The van der Waals surface area contributed by atoms with E-state index < -0.39 is 34.2 Å². The number of azide groups is 1. The lowest BCUT2D eigenvalue weighted by molar-refractivity contribution is -0.120. The van der Waals surface area contributed by atoms with Crippen LogP contribution in [0.1, 0.15) is 17.3 Å². The first-order valence-electron chi connectivity index (χ1n) is 7.48. The average Bonchev–Trinajstić information content (AvgIpc) is 2.88. The first-order valence-corrected chi connectivity index (χ1v) is 8.62. The van der Waals surface area contributed by atoms with Gasteiger partial charge in [-0.1, -0.05) is 65.0 Å². The van der Waals surface area contributed by atoms with Crippen LogP contribution in [0.4, 0.5) is 0 Å². The van der Waals surface area contributed by atoms with Crippen LogP contribution in [0.25, 0.3) is 10.4 Å². The van der Waals surface area contributed by atoms with Crippen LogP contribution in [0.5, 0.6) is 0 Å². The zero-order valence-corrected chi connectivity index (χ0v) is 15.8. The van der Waals surface area contributed by atoms with E-state index in [9.17, 15) is 4.79 Å². The van der Waals surface area contributed by atoms with E-state index in [-0.39, 0.29) is 12.5 Å². The van der Waals surface area contributed by atoms with Gasteiger partial charge in [-0.2, -0.15) is 0 Å². The van der Waals surface area contributed by atoms with Gasteiger partial charge in [0.1, 0.15) is 0 Å². The number of nitrogens with zero attached hydrogens (tertiary/aromatic N) is 3. The molecule has 1 N–H and O–H groups in total. The summed E-state index contributed by atoms with van der Waals surface area (Å²) in [5.74, 6) is -1.66. The molecule has 0 amide bonds. The number of hydrogen-bond donors (Lipinski definition) is 1. The van der Waals surface area contributed by atoms with Crippen LogP contribution in [0.3, 0.4) is 0 Å². The van der Waals surface area contributed by atoms with Crippen molar-refractivity contribution in [1.82, 2.24) is 0 Å². The predicted molar refractivity (Wildman–Crippen MR) is 96.6 cm³/mol. The molecule has 2 rings (SSSR count). The van der Waals surface area contributed by atoms with Crippen molar-refractivity contribution in [2.24, 2.45) is 11.0 Å². The van der Waals surface area contributed by atoms with Crippen LogP contribution in [0.15, 0.2) is 35.4 Å². The van der Waals surface area contributed by atoms with Crippen LogP contribution in [-0.2, 0) is 14.2 Å². The second-order valence-electron chi connectivity index (χ2n) is 5.50. The Bertz CT molecular complexity index is 707. The summed E-state index contributed by atoms with van der Waals surface area (Å²) in [7, 11) is 0. The first kappa shape index (κ1) is 20.6. The van der Waals surface area contributed by atoms with Crippen LogP contribution < -0.4 is 0 Å². The van der Waals surface area contributed by atoms with E-state index in [4.69, 9.17) is 60.0 Å². The number of halogens is 3. The number of carbonyl (C=O) groups excluding carboxylic acids is 1. The Labute approximate surface area is 164 Å². The summed E-state index contributed by atoms with van der Waals surface area (Å²) in [4.78, 5) is 15.0. The Kier molecular flexibility index (Phi) is 6.97. The van der Waals surface area contributed by atoms with E-state index in [0.29, 0.717) is 5.56 Å². The summed E-state index contributed by atoms with van der Waals surface area (Å²) in [6.07, 6.45) is -2.67. The molecule has 1 aliphatic heterocycles. The monoisotopic (exact) mass is 420 g/mol. The van der Waals surface area contributed by atoms with Crippen LogP contribution in [-0.4, -0.2) is 40.7 Å². The number of nitrogens with one attached hydrogen (secondary N) is 1. The smallest absolute Gasteiger partial charge is 0.338 e. The van der Waals surface area contributed by atoms with E-state index in [1.54, 1.807) is 37.3 Å². The number of benzene rings is 1. The maximum absolute atomic E-state index is 12.3. The maximum atomic E-state index is 12.3. The van der Waals surface area contributed by atoms with Crippen molar-refractivity contribution >= 4 is 46.7 Å². The zero-order chi connectivity index (χ0) is 19.3. The summed E-state index contributed by atoms with van der Waals surface area (Å²) in [5.41, 5.74) is 8.83. The molecule has 0 radical (unpaired) electrons. The van der Waals surface area contributed by atoms with Crippen molar-refractivity contribution in [3.8, 4) is 0 Å². The second-order valence-corrected chi connectivity index (χ2v) is 7.78. The molecular formula is C15H15Cl3N4O4. The highest BCUT2D eigenvalue weighted by atomic mass is 35.6.